The molecule has 190 valence electrons. The van der Waals surface area contributed by atoms with Crippen LogP contribution in [0.15, 0.2) is 12.2 Å². The molecule has 0 rings (SSSR count). The number of allylic oxidation sites excluding steroid dienone is 2. The van der Waals surface area contributed by atoms with Gasteiger partial charge in [-0.3, -0.25) is 4.79 Å². The van der Waals surface area contributed by atoms with Crippen molar-refractivity contribution >= 4 is 5.97 Å². The molecule has 0 heterocycles. The van der Waals surface area contributed by atoms with Crippen molar-refractivity contribution in [2.24, 2.45) is 0 Å². The van der Waals surface area contributed by atoms with Gasteiger partial charge in [0.2, 0.25) is 0 Å². The lowest BCUT2D eigenvalue weighted by atomic mass is 10.1. The molecule has 0 aliphatic heterocycles. The van der Waals surface area contributed by atoms with Gasteiger partial charge >= 0.3 is 5.97 Å². The maximum absolute atomic E-state index is 11.8. The van der Waals surface area contributed by atoms with Gasteiger partial charge in [-0.25, -0.2) is 0 Å². The summed E-state index contributed by atoms with van der Waals surface area (Å²) in [6.45, 7) is 5.49. The molecule has 0 aromatic carbocycles. The molecule has 0 aromatic heterocycles. The smallest absolute Gasteiger partial charge is 0.305 e. The largest absolute Gasteiger partial charge is 0.466 e. The lowest BCUT2D eigenvalue weighted by molar-refractivity contribution is -0.870. The first-order chi connectivity index (χ1) is 15.5. The van der Waals surface area contributed by atoms with E-state index in [-0.39, 0.29) is 5.97 Å². The molecule has 4 nitrogen and oxygen atoms in total. The van der Waals surface area contributed by atoms with E-state index in [4.69, 9.17) is 9.47 Å². The average molecular weight is 455 g/mol. The van der Waals surface area contributed by atoms with E-state index in [1.807, 2.05) is 0 Å². The first-order valence-corrected chi connectivity index (χ1v) is 13.6. The van der Waals surface area contributed by atoms with Crippen molar-refractivity contribution < 1.29 is 18.8 Å². The molecule has 0 N–H and O–H groups in total. The quantitative estimate of drug-likeness (QED) is 0.0657. The van der Waals surface area contributed by atoms with Crippen LogP contribution in [0.25, 0.3) is 0 Å². The fraction of sp³-hybridized carbons (Fsp3) is 0.893. The highest BCUT2D eigenvalue weighted by Gasteiger charge is 2.05. The van der Waals surface area contributed by atoms with Gasteiger partial charge in [0, 0.05) is 13.0 Å². The summed E-state index contributed by atoms with van der Waals surface area (Å²) in [5.41, 5.74) is 0. The zero-order chi connectivity index (χ0) is 23.8. The van der Waals surface area contributed by atoms with Gasteiger partial charge in [0.1, 0.15) is 6.54 Å². The van der Waals surface area contributed by atoms with Gasteiger partial charge in [-0.05, 0) is 51.4 Å². The summed E-state index contributed by atoms with van der Waals surface area (Å²) < 4.78 is 11.9. The Kier molecular flexibility index (Phi) is 22.7. The molecule has 0 aliphatic carbocycles. The summed E-state index contributed by atoms with van der Waals surface area (Å²) >= 11 is 0. The zero-order valence-electron chi connectivity index (χ0n) is 22.2. The number of unbranched alkanes of at least 4 members (excludes halogenated alkanes) is 13. The number of esters is 1. The van der Waals surface area contributed by atoms with Gasteiger partial charge < -0.3 is 14.0 Å². The molecule has 0 atom stereocenters. The number of hydrogen-bond acceptors (Lipinski definition) is 3. The third-order valence-electron chi connectivity index (χ3n) is 5.75. The van der Waals surface area contributed by atoms with Crippen LogP contribution in [0.2, 0.25) is 0 Å². The number of ether oxygens (including phenoxy) is 2. The molecular formula is C28H56NO3+. The highest BCUT2D eigenvalue weighted by molar-refractivity contribution is 5.69. The Balaban J connectivity index is 3.24. The van der Waals surface area contributed by atoms with Crippen molar-refractivity contribution in [3.63, 3.8) is 0 Å². The number of quaternary nitrogens is 1. The molecule has 0 saturated carbocycles. The van der Waals surface area contributed by atoms with Gasteiger partial charge in [0.15, 0.2) is 0 Å². The summed E-state index contributed by atoms with van der Waals surface area (Å²) in [7, 11) is 6.53. The molecule has 0 bridgehead atoms. The van der Waals surface area contributed by atoms with Crippen LogP contribution in [0, 0.1) is 0 Å². The second kappa shape index (κ2) is 23.3. The van der Waals surface area contributed by atoms with Crippen molar-refractivity contribution in [1.82, 2.24) is 0 Å². The number of carbonyl (C=O) groups excluding carboxylic acids is 1. The number of likely N-dealkylation sites (N-methyl/N-ethyl adjacent to an activating group) is 1. The maximum atomic E-state index is 11.8. The fourth-order valence-electron chi connectivity index (χ4n) is 3.52. The van der Waals surface area contributed by atoms with Crippen LogP contribution in [0.4, 0.5) is 0 Å². The SMILES string of the molecule is CCCCCCCC/C=C\CCCCCCCC(=O)OCCCCCOCC[N+](C)(C)C. The Morgan fingerprint density at radius 3 is 1.81 bits per heavy atom. The second-order valence-electron chi connectivity index (χ2n) is 10.2. The van der Waals surface area contributed by atoms with Crippen LogP contribution in [0.5, 0.6) is 0 Å². The third-order valence-corrected chi connectivity index (χ3v) is 5.75. The summed E-state index contributed by atoms with van der Waals surface area (Å²) in [6, 6.07) is 0. The van der Waals surface area contributed by atoms with Crippen molar-refractivity contribution in [2.45, 2.75) is 116 Å². The third kappa shape index (κ3) is 27.2. The second-order valence-corrected chi connectivity index (χ2v) is 10.2. The summed E-state index contributed by atoms with van der Waals surface area (Å²) in [4.78, 5) is 11.8. The zero-order valence-corrected chi connectivity index (χ0v) is 22.2. The first kappa shape index (κ1) is 31.1. The lowest BCUT2D eigenvalue weighted by Gasteiger charge is -2.23. The van der Waals surface area contributed by atoms with Crippen LogP contribution in [-0.4, -0.2) is 58.0 Å². The molecule has 0 fully saturated rings. The van der Waals surface area contributed by atoms with E-state index in [9.17, 15) is 4.79 Å². The summed E-state index contributed by atoms with van der Waals surface area (Å²) in [5.74, 6) is -0.0261. The molecule has 0 amide bonds. The van der Waals surface area contributed by atoms with E-state index in [2.05, 4.69) is 40.2 Å². The molecule has 0 radical (unpaired) electrons. The molecule has 0 aliphatic rings. The van der Waals surface area contributed by atoms with Crippen LogP contribution in [-0.2, 0) is 14.3 Å². The number of nitrogens with zero attached hydrogens (tertiary/aromatic N) is 1. The number of hydrogen-bond donors (Lipinski definition) is 0. The molecule has 0 saturated heterocycles. The minimum Gasteiger partial charge on any atom is -0.466 e. The molecule has 32 heavy (non-hydrogen) atoms. The fourth-order valence-corrected chi connectivity index (χ4v) is 3.52. The Labute approximate surface area is 200 Å². The summed E-state index contributed by atoms with van der Waals surface area (Å²) in [5, 5.41) is 0. The molecule has 0 unspecified atom stereocenters. The minimum absolute atomic E-state index is 0.0261. The van der Waals surface area contributed by atoms with Gasteiger partial charge in [-0.2, -0.15) is 0 Å². The molecule has 0 spiro atoms. The maximum Gasteiger partial charge on any atom is 0.305 e. The van der Waals surface area contributed by atoms with E-state index in [0.717, 1.165) is 56.3 Å². The normalized spacial score (nSPS) is 12.0. The monoisotopic (exact) mass is 454 g/mol. The lowest BCUT2D eigenvalue weighted by Crippen LogP contribution is -2.37. The van der Waals surface area contributed by atoms with Gasteiger partial charge in [0.25, 0.3) is 0 Å². The van der Waals surface area contributed by atoms with Gasteiger partial charge in [0.05, 0.1) is 34.4 Å². The highest BCUT2D eigenvalue weighted by Crippen LogP contribution is 2.10. The topological polar surface area (TPSA) is 35.5 Å². The first-order valence-electron chi connectivity index (χ1n) is 13.6. The van der Waals surface area contributed by atoms with Crippen molar-refractivity contribution in [3.05, 3.63) is 12.2 Å². The Morgan fingerprint density at radius 1 is 0.656 bits per heavy atom. The van der Waals surface area contributed by atoms with E-state index < -0.39 is 0 Å². The molecule has 0 aromatic rings. The van der Waals surface area contributed by atoms with E-state index in [0.29, 0.717) is 13.0 Å². The van der Waals surface area contributed by atoms with E-state index >= 15 is 0 Å². The average Bonchev–Trinajstić information content (AvgIpc) is 2.74. The van der Waals surface area contributed by atoms with E-state index in [1.165, 1.54) is 70.6 Å². The van der Waals surface area contributed by atoms with E-state index in [1.54, 1.807) is 0 Å². The number of carbonyl (C=O) groups is 1. The summed E-state index contributed by atoms with van der Waals surface area (Å²) in [6.07, 6.45) is 25.0. The predicted octanol–water partition coefficient (Wildman–Crippen LogP) is 7.46. The Bertz CT molecular complexity index is 429. The van der Waals surface area contributed by atoms with Crippen LogP contribution in [0.3, 0.4) is 0 Å². The van der Waals surface area contributed by atoms with Crippen molar-refractivity contribution in [3.8, 4) is 0 Å². The van der Waals surface area contributed by atoms with Crippen LogP contribution < -0.4 is 0 Å². The Morgan fingerprint density at radius 2 is 1.19 bits per heavy atom. The van der Waals surface area contributed by atoms with Crippen LogP contribution in [0.1, 0.15) is 116 Å². The van der Waals surface area contributed by atoms with Gasteiger partial charge in [-0.1, -0.05) is 70.4 Å². The number of rotatable bonds is 24. The standard InChI is InChI=1S/C28H56NO3/c1-5-6-7-8-9-10-11-12-13-14-15-16-17-18-20-23-28(30)32-26-22-19-21-25-31-27-24-29(2,3)4/h12-13H,5-11,14-27H2,1-4H3/q+1/b13-12-. The molecule has 4 heteroatoms. The molecular weight excluding hydrogens is 398 g/mol. The predicted molar refractivity (Wildman–Crippen MR) is 138 cm³/mol. The van der Waals surface area contributed by atoms with Crippen molar-refractivity contribution in [1.29, 1.82) is 0 Å². The Hall–Kier alpha value is -0.870. The van der Waals surface area contributed by atoms with Crippen molar-refractivity contribution in [2.75, 3.05) is 47.5 Å². The van der Waals surface area contributed by atoms with Gasteiger partial charge in [-0.15, -0.1) is 0 Å². The minimum atomic E-state index is -0.0261. The highest BCUT2D eigenvalue weighted by atomic mass is 16.5. The van der Waals surface area contributed by atoms with Crippen LogP contribution >= 0.6 is 0 Å².